The average Bonchev–Trinajstić information content (AvgIpc) is 2.96. The van der Waals surface area contributed by atoms with Crippen LogP contribution in [0.1, 0.15) is 29.8 Å². The van der Waals surface area contributed by atoms with E-state index in [0.717, 1.165) is 12.1 Å². The SMILES string of the molecule is C[C@@H]1CN(c2cc(F)c(-c3cnc(N4CCOCC4)nc3)cc2NC(=O)c2ccc(F)cc2C(F)(F)F)C[C@H](C)N1C. The molecule has 0 aliphatic carbocycles. The van der Waals surface area contributed by atoms with Crippen molar-refractivity contribution in [2.45, 2.75) is 32.1 Å². The maximum absolute atomic E-state index is 15.7. The number of hydrogen-bond donors (Lipinski definition) is 1. The van der Waals surface area contributed by atoms with Crippen molar-refractivity contribution in [1.82, 2.24) is 14.9 Å². The highest BCUT2D eigenvalue weighted by Gasteiger charge is 2.36. The summed E-state index contributed by atoms with van der Waals surface area (Å²) in [6.07, 6.45) is -2.04. The number of rotatable bonds is 5. The Balaban J connectivity index is 1.54. The molecule has 0 radical (unpaired) electrons. The molecular formula is C29H31F5N6O2. The number of morpholine rings is 1. The molecule has 1 aromatic heterocycles. The molecular weight excluding hydrogens is 559 g/mol. The van der Waals surface area contributed by atoms with Gasteiger partial charge in [-0.1, -0.05) is 0 Å². The first-order chi connectivity index (χ1) is 19.9. The van der Waals surface area contributed by atoms with Crippen molar-refractivity contribution in [2.24, 2.45) is 0 Å². The molecule has 2 aliphatic rings. The van der Waals surface area contributed by atoms with E-state index in [2.05, 4.69) is 20.2 Å². The standard InChI is InChI=1S/C29H31F5N6O2/c1-17-15-40(16-18(2)38(17)3)26-12-24(31)22(19-13-35-28(36-14-19)39-6-8-42-9-7-39)11-25(26)37-27(41)21-5-4-20(30)10-23(21)29(32,33)34/h4-5,10-14,17-18H,6-9,15-16H2,1-3H3,(H,37,41)/t17-,18+. The molecule has 13 heteroatoms. The largest absolute Gasteiger partial charge is 0.417 e. The van der Waals surface area contributed by atoms with Gasteiger partial charge in [0.25, 0.3) is 5.91 Å². The number of carbonyl (C=O) groups is 1. The predicted octanol–water partition coefficient (Wildman–Crippen LogP) is 5.06. The Hall–Kier alpha value is -3.84. The summed E-state index contributed by atoms with van der Waals surface area (Å²) in [4.78, 5) is 28.0. The number of nitrogens with one attached hydrogen (secondary N) is 1. The third-order valence-corrected chi connectivity index (χ3v) is 7.81. The van der Waals surface area contributed by atoms with E-state index in [1.165, 1.54) is 24.5 Å². The molecule has 8 nitrogen and oxygen atoms in total. The Kier molecular flexibility index (Phi) is 8.33. The number of halogens is 5. The molecule has 1 amide bonds. The molecule has 2 fully saturated rings. The molecule has 0 bridgehead atoms. The van der Waals surface area contributed by atoms with Gasteiger partial charge in [0.1, 0.15) is 11.6 Å². The minimum absolute atomic E-state index is 0.0629. The van der Waals surface area contributed by atoms with Crippen LogP contribution in [0.3, 0.4) is 0 Å². The van der Waals surface area contributed by atoms with Crippen LogP contribution in [-0.2, 0) is 10.9 Å². The van der Waals surface area contributed by atoms with Crippen molar-refractivity contribution in [3.8, 4) is 11.1 Å². The topological polar surface area (TPSA) is 73.8 Å². The Labute approximate surface area is 240 Å². The van der Waals surface area contributed by atoms with Crippen molar-refractivity contribution in [3.05, 3.63) is 65.5 Å². The summed E-state index contributed by atoms with van der Waals surface area (Å²) >= 11 is 0. The van der Waals surface area contributed by atoms with Crippen molar-refractivity contribution >= 4 is 23.2 Å². The van der Waals surface area contributed by atoms with Crippen LogP contribution in [0.25, 0.3) is 11.1 Å². The highest BCUT2D eigenvalue weighted by molar-refractivity contribution is 6.07. The summed E-state index contributed by atoms with van der Waals surface area (Å²) in [5.41, 5.74) is -1.35. The third-order valence-electron chi connectivity index (χ3n) is 7.81. The second kappa shape index (κ2) is 11.8. The Morgan fingerprint density at radius 3 is 2.24 bits per heavy atom. The number of likely N-dealkylation sites (N-methyl/N-ethyl adjacent to an activating group) is 1. The third kappa shape index (κ3) is 6.16. The summed E-state index contributed by atoms with van der Waals surface area (Å²) < 4.78 is 75.8. The fourth-order valence-electron chi connectivity index (χ4n) is 5.27. The van der Waals surface area contributed by atoms with E-state index in [4.69, 9.17) is 4.74 Å². The minimum Gasteiger partial charge on any atom is -0.378 e. The quantitative estimate of drug-likeness (QED) is 0.417. The summed E-state index contributed by atoms with van der Waals surface area (Å²) in [6, 6.07) is 4.66. The number of alkyl halides is 3. The number of piperazine rings is 1. The molecule has 3 aromatic rings. The smallest absolute Gasteiger partial charge is 0.378 e. The fourth-order valence-corrected chi connectivity index (χ4v) is 5.27. The van der Waals surface area contributed by atoms with E-state index in [1.54, 1.807) is 0 Å². The van der Waals surface area contributed by atoms with Gasteiger partial charge in [0.05, 0.1) is 35.7 Å². The number of hydrogen-bond acceptors (Lipinski definition) is 7. The van der Waals surface area contributed by atoms with Crippen molar-refractivity contribution < 1.29 is 31.5 Å². The van der Waals surface area contributed by atoms with Gasteiger partial charge < -0.3 is 19.9 Å². The first kappa shape index (κ1) is 29.6. The minimum atomic E-state index is -4.96. The molecule has 1 N–H and O–H groups in total. The van der Waals surface area contributed by atoms with Crippen molar-refractivity contribution in [2.75, 3.05) is 61.6 Å². The summed E-state index contributed by atoms with van der Waals surface area (Å²) in [7, 11) is 1.98. The number of ether oxygens (including phenoxy) is 1. The lowest BCUT2D eigenvalue weighted by molar-refractivity contribution is -0.138. The molecule has 2 aromatic carbocycles. The zero-order valence-electron chi connectivity index (χ0n) is 23.4. The van der Waals surface area contributed by atoms with E-state index >= 15 is 4.39 Å². The van der Waals surface area contributed by atoms with Gasteiger partial charge in [-0.15, -0.1) is 0 Å². The van der Waals surface area contributed by atoms with E-state index in [0.29, 0.717) is 56.6 Å². The first-order valence-electron chi connectivity index (χ1n) is 13.6. The van der Waals surface area contributed by atoms with Gasteiger partial charge in [-0.3, -0.25) is 9.69 Å². The van der Waals surface area contributed by atoms with Gasteiger partial charge in [-0.05, 0) is 51.2 Å². The van der Waals surface area contributed by atoms with E-state index in [1.807, 2.05) is 30.7 Å². The number of amides is 1. The van der Waals surface area contributed by atoms with Crippen LogP contribution >= 0.6 is 0 Å². The Bertz CT molecular complexity index is 1430. The first-order valence-corrected chi connectivity index (χ1v) is 13.6. The van der Waals surface area contributed by atoms with Gasteiger partial charge in [0.15, 0.2) is 0 Å². The van der Waals surface area contributed by atoms with Gasteiger partial charge in [0.2, 0.25) is 5.95 Å². The van der Waals surface area contributed by atoms with Crippen LogP contribution in [0, 0.1) is 11.6 Å². The second-order valence-electron chi connectivity index (χ2n) is 10.6. The lowest BCUT2D eigenvalue weighted by Gasteiger charge is -2.44. The Morgan fingerprint density at radius 2 is 1.62 bits per heavy atom. The normalized spacial score (nSPS) is 20.1. The lowest BCUT2D eigenvalue weighted by atomic mass is 10.0. The van der Waals surface area contributed by atoms with Crippen LogP contribution in [0.2, 0.25) is 0 Å². The molecule has 2 atom stereocenters. The van der Waals surface area contributed by atoms with Crippen LogP contribution in [-0.4, -0.2) is 79.3 Å². The van der Waals surface area contributed by atoms with Crippen LogP contribution < -0.4 is 15.1 Å². The monoisotopic (exact) mass is 590 g/mol. The molecule has 0 spiro atoms. The van der Waals surface area contributed by atoms with E-state index in [9.17, 15) is 22.4 Å². The molecule has 224 valence electrons. The van der Waals surface area contributed by atoms with Crippen LogP contribution in [0.4, 0.5) is 39.3 Å². The van der Waals surface area contributed by atoms with Crippen LogP contribution in [0.5, 0.6) is 0 Å². The van der Waals surface area contributed by atoms with Gasteiger partial charge in [0, 0.05) is 61.8 Å². The maximum atomic E-state index is 15.7. The summed E-state index contributed by atoms with van der Waals surface area (Å²) in [6.45, 7) is 7.30. The maximum Gasteiger partial charge on any atom is 0.417 e. The molecule has 5 rings (SSSR count). The number of anilines is 3. The lowest BCUT2D eigenvalue weighted by Crippen LogP contribution is -2.55. The van der Waals surface area contributed by atoms with E-state index in [-0.39, 0.29) is 29.4 Å². The van der Waals surface area contributed by atoms with Crippen LogP contribution in [0.15, 0.2) is 42.7 Å². The molecule has 2 aliphatic heterocycles. The van der Waals surface area contributed by atoms with Crippen molar-refractivity contribution in [1.29, 1.82) is 0 Å². The zero-order valence-corrected chi connectivity index (χ0v) is 23.4. The highest BCUT2D eigenvalue weighted by atomic mass is 19.4. The molecule has 0 saturated carbocycles. The average molecular weight is 591 g/mol. The fraction of sp³-hybridized carbons (Fsp3) is 0.414. The summed E-state index contributed by atoms with van der Waals surface area (Å²) in [5.74, 6) is -2.37. The van der Waals surface area contributed by atoms with Gasteiger partial charge >= 0.3 is 6.18 Å². The van der Waals surface area contributed by atoms with Crippen molar-refractivity contribution in [3.63, 3.8) is 0 Å². The highest BCUT2D eigenvalue weighted by Crippen LogP contribution is 2.37. The number of carbonyl (C=O) groups excluding carboxylic acids is 1. The second-order valence-corrected chi connectivity index (χ2v) is 10.6. The molecule has 3 heterocycles. The molecule has 2 saturated heterocycles. The molecule has 0 unspecified atom stereocenters. The number of aromatic nitrogens is 2. The zero-order chi connectivity index (χ0) is 30.2. The number of benzene rings is 2. The molecule has 42 heavy (non-hydrogen) atoms. The number of nitrogens with zero attached hydrogens (tertiary/aromatic N) is 5. The van der Waals surface area contributed by atoms with E-state index < -0.39 is 34.8 Å². The predicted molar refractivity (Wildman–Crippen MR) is 149 cm³/mol. The van der Waals surface area contributed by atoms with Gasteiger partial charge in [-0.2, -0.15) is 13.2 Å². The van der Waals surface area contributed by atoms with Gasteiger partial charge in [-0.25, -0.2) is 18.7 Å². The summed E-state index contributed by atoms with van der Waals surface area (Å²) in [5, 5.41) is 2.55. The Morgan fingerprint density at radius 1 is 0.976 bits per heavy atom.